The zero-order valence-electron chi connectivity index (χ0n) is 18.2. The maximum Gasteiger partial charge on any atom is 0.297 e. The monoisotopic (exact) mass is 470 g/mol. The number of aryl methyl sites for hydroxylation is 1. The highest BCUT2D eigenvalue weighted by Gasteiger charge is 2.32. The summed E-state index contributed by atoms with van der Waals surface area (Å²) in [4.78, 5) is 7.74. The van der Waals surface area contributed by atoms with Gasteiger partial charge in [-0.15, -0.1) is 10.2 Å². The first-order valence-electron chi connectivity index (χ1n) is 11.0. The summed E-state index contributed by atoms with van der Waals surface area (Å²) >= 11 is 1.44. The first-order valence-corrected chi connectivity index (χ1v) is 13.2. The van der Waals surface area contributed by atoms with E-state index in [1.54, 1.807) is 6.07 Å². The quantitative estimate of drug-likeness (QED) is 0.472. The number of thioether (sulfide) groups is 1. The molecule has 32 heavy (non-hydrogen) atoms. The van der Waals surface area contributed by atoms with Gasteiger partial charge in [0.05, 0.1) is 6.54 Å². The lowest BCUT2D eigenvalue weighted by Crippen LogP contribution is -2.35. The topological polar surface area (TPSA) is 94.7 Å². The van der Waals surface area contributed by atoms with Crippen LogP contribution < -0.4 is 4.90 Å². The number of aliphatic imine (C=N–C) groups is 1. The lowest BCUT2D eigenvalue weighted by Gasteiger charge is -2.37. The molecule has 168 valence electrons. The number of amidine groups is 1. The molecular formula is C23H26N4O3S2. The van der Waals surface area contributed by atoms with Gasteiger partial charge in [-0.2, -0.15) is 8.42 Å². The average Bonchev–Trinajstić information content (AvgIpc) is 2.76. The van der Waals surface area contributed by atoms with Gasteiger partial charge in [0.15, 0.2) is 0 Å². The van der Waals surface area contributed by atoms with Gasteiger partial charge in [-0.05, 0) is 77.7 Å². The number of nitrogens with zero attached hydrogens (tertiary/aromatic N) is 4. The smallest absolute Gasteiger partial charge is 0.297 e. The third-order valence-corrected chi connectivity index (χ3v) is 8.26. The fourth-order valence-electron chi connectivity index (χ4n) is 4.76. The van der Waals surface area contributed by atoms with Crippen LogP contribution in [0.15, 0.2) is 49.3 Å². The minimum absolute atomic E-state index is 0.101. The van der Waals surface area contributed by atoms with Crippen LogP contribution in [0.2, 0.25) is 0 Å². The molecule has 0 unspecified atom stereocenters. The second-order valence-electron chi connectivity index (χ2n) is 8.80. The zero-order chi connectivity index (χ0) is 22.5. The number of benzene rings is 2. The molecule has 5 rings (SSSR count). The van der Waals surface area contributed by atoms with Crippen LogP contribution in [0, 0.1) is 0 Å². The first kappa shape index (κ1) is 21.6. The number of azo groups is 1. The Bertz CT molecular complexity index is 1250. The van der Waals surface area contributed by atoms with Gasteiger partial charge in [-0.3, -0.25) is 9.55 Å². The van der Waals surface area contributed by atoms with E-state index in [-0.39, 0.29) is 10.6 Å². The van der Waals surface area contributed by atoms with Crippen LogP contribution in [-0.4, -0.2) is 31.2 Å². The van der Waals surface area contributed by atoms with E-state index in [0.717, 1.165) is 54.1 Å². The summed E-state index contributed by atoms with van der Waals surface area (Å²) in [5, 5.41) is 9.11. The second kappa shape index (κ2) is 8.28. The number of anilines is 1. The first-order chi connectivity index (χ1) is 15.3. The lowest BCUT2D eigenvalue weighted by molar-refractivity contribution is 0.481. The Morgan fingerprint density at radius 1 is 1.09 bits per heavy atom. The molecule has 0 radical (unpaired) electrons. The van der Waals surface area contributed by atoms with Crippen molar-refractivity contribution >= 4 is 38.4 Å². The molecule has 0 aromatic heterocycles. The Hall–Kier alpha value is -2.23. The molecule has 0 bridgehead atoms. The Balaban J connectivity index is 1.52. The third kappa shape index (κ3) is 3.97. The molecule has 9 heteroatoms. The van der Waals surface area contributed by atoms with Crippen LogP contribution >= 0.6 is 11.8 Å². The standard InChI is InChI=1S/C23H26N4O3S2/c1-14(2)15-7-8-17-13-24-23(31-20(17)12-15)26-25-19-11-16-5-3-9-27-10-4-6-18(21(16)27)22(19)32(28,29)30/h7-8,11-12,14H,3-6,9-10,13H2,1-2H3,(H,28,29,30). The van der Waals surface area contributed by atoms with Crippen LogP contribution in [0.5, 0.6) is 0 Å². The summed E-state index contributed by atoms with van der Waals surface area (Å²) in [6.07, 6.45) is 3.35. The minimum Gasteiger partial charge on any atom is -0.371 e. The lowest BCUT2D eigenvalue weighted by atomic mass is 9.91. The van der Waals surface area contributed by atoms with Crippen LogP contribution in [-0.2, 0) is 29.5 Å². The molecule has 0 atom stereocenters. The molecule has 0 saturated heterocycles. The van der Waals surface area contributed by atoms with Gasteiger partial charge in [0, 0.05) is 23.7 Å². The van der Waals surface area contributed by atoms with Crippen LogP contribution in [0.4, 0.5) is 11.4 Å². The molecule has 3 heterocycles. The Labute approximate surface area is 192 Å². The Kier molecular flexibility index (Phi) is 5.59. The summed E-state index contributed by atoms with van der Waals surface area (Å²) < 4.78 is 34.8. The Morgan fingerprint density at radius 2 is 1.88 bits per heavy atom. The summed E-state index contributed by atoms with van der Waals surface area (Å²) in [6, 6.07) is 8.18. The fraction of sp³-hybridized carbons (Fsp3) is 0.435. The minimum atomic E-state index is -4.44. The van der Waals surface area contributed by atoms with Gasteiger partial charge >= 0.3 is 0 Å². The van der Waals surface area contributed by atoms with Crippen molar-refractivity contribution < 1.29 is 13.0 Å². The maximum absolute atomic E-state index is 12.4. The molecule has 3 aliphatic heterocycles. The number of fused-ring (bicyclic) bond motifs is 1. The predicted molar refractivity (Wildman–Crippen MR) is 127 cm³/mol. The van der Waals surface area contributed by atoms with E-state index in [0.29, 0.717) is 29.6 Å². The second-order valence-corrected chi connectivity index (χ2v) is 11.2. The summed E-state index contributed by atoms with van der Waals surface area (Å²) in [5.41, 5.74) is 5.33. The van der Waals surface area contributed by atoms with E-state index >= 15 is 0 Å². The fourth-order valence-corrected chi connectivity index (χ4v) is 6.50. The highest BCUT2D eigenvalue weighted by Crippen LogP contribution is 2.44. The van der Waals surface area contributed by atoms with Gasteiger partial charge in [-0.1, -0.05) is 26.0 Å². The van der Waals surface area contributed by atoms with E-state index in [1.165, 1.54) is 17.3 Å². The van der Waals surface area contributed by atoms with Crippen molar-refractivity contribution in [2.75, 3.05) is 18.0 Å². The molecule has 0 amide bonds. The molecule has 2 aromatic rings. The van der Waals surface area contributed by atoms with E-state index in [4.69, 9.17) is 0 Å². The van der Waals surface area contributed by atoms with E-state index < -0.39 is 10.1 Å². The van der Waals surface area contributed by atoms with Crippen LogP contribution in [0.3, 0.4) is 0 Å². The largest absolute Gasteiger partial charge is 0.371 e. The molecular weight excluding hydrogens is 444 g/mol. The van der Waals surface area contributed by atoms with Crippen LogP contribution in [0.25, 0.3) is 0 Å². The third-order valence-electron chi connectivity index (χ3n) is 6.30. The highest BCUT2D eigenvalue weighted by molar-refractivity contribution is 8.14. The van der Waals surface area contributed by atoms with Gasteiger partial charge in [0.2, 0.25) is 5.17 Å². The number of hydrogen-bond donors (Lipinski definition) is 1. The molecule has 3 aliphatic rings. The van der Waals surface area contributed by atoms with Gasteiger partial charge in [0.25, 0.3) is 10.1 Å². The van der Waals surface area contributed by atoms with E-state index in [9.17, 15) is 13.0 Å². The molecule has 0 saturated carbocycles. The van der Waals surface area contributed by atoms with Crippen molar-refractivity contribution in [2.45, 2.75) is 61.8 Å². The van der Waals surface area contributed by atoms with Crippen molar-refractivity contribution in [3.05, 3.63) is 46.5 Å². The van der Waals surface area contributed by atoms with Gasteiger partial charge in [0.1, 0.15) is 10.6 Å². The van der Waals surface area contributed by atoms with Crippen molar-refractivity contribution in [1.29, 1.82) is 0 Å². The van der Waals surface area contributed by atoms with E-state index in [1.807, 2.05) is 0 Å². The zero-order valence-corrected chi connectivity index (χ0v) is 19.8. The Morgan fingerprint density at radius 3 is 2.62 bits per heavy atom. The molecule has 1 N–H and O–H groups in total. The predicted octanol–water partition coefficient (Wildman–Crippen LogP) is 5.50. The highest BCUT2D eigenvalue weighted by atomic mass is 32.2. The van der Waals surface area contributed by atoms with Crippen molar-refractivity contribution in [3.8, 4) is 0 Å². The summed E-state index contributed by atoms with van der Waals surface area (Å²) in [7, 11) is -4.44. The van der Waals surface area contributed by atoms with Gasteiger partial charge in [-0.25, -0.2) is 0 Å². The number of hydrogen-bond acceptors (Lipinski definition) is 7. The van der Waals surface area contributed by atoms with E-state index in [2.05, 4.69) is 52.2 Å². The SMILES string of the molecule is CC(C)c1ccc2c(c1)SC(N=Nc1cc3c4c(c1S(=O)(=O)O)CCCN4CCC3)=NC2. The molecule has 0 spiro atoms. The summed E-state index contributed by atoms with van der Waals surface area (Å²) in [6.45, 7) is 6.66. The molecule has 0 fully saturated rings. The average molecular weight is 471 g/mol. The van der Waals surface area contributed by atoms with Gasteiger partial charge < -0.3 is 4.90 Å². The molecule has 2 aromatic carbocycles. The van der Waals surface area contributed by atoms with Crippen molar-refractivity contribution in [2.24, 2.45) is 15.2 Å². The van der Waals surface area contributed by atoms with Crippen molar-refractivity contribution in [3.63, 3.8) is 0 Å². The molecule has 0 aliphatic carbocycles. The molecule has 7 nitrogen and oxygen atoms in total. The maximum atomic E-state index is 12.4. The number of rotatable bonds is 3. The van der Waals surface area contributed by atoms with Crippen LogP contribution in [0.1, 0.15) is 54.9 Å². The summed E-state index contributed by atoms with van der Waals surface area (Å²) in [5.74, 6) is 0.425. The van der Waals surface area contributed by atoms with Crippen molar-refractivity contribution in [1.82, 2.24) is 0 Å². The normalized spacial score (nSPS) is 18.0.